The summed E-state index contributed by atoms with van der Waals surface area (Å²) >= 11 is 0. The van der Waals surface area contributed by atoms with Crippen LogP contribution in [0.5, 0.6) is 0 Å². The Morgan fingerprint density at radius 1 is 1.03 bits per heavy atom. The molecule has 10 nitrogen and oxygen atoms in total. The monoisotopic (exact) mass is 489 g/mol. The number of amides is 4. The zero-order chi connectivity index (χ0) is 26.1. The Labute approximate surface area is 206 Å². The maximum absolute atomic E-state index is 13.5. The van der Waals surface area contributed by atoms with Crippen molar-refractivity contribution in [3.63, 3.8) is 0 Å². The molecule has 4 rings (SSSR count). The fourth-order valence-electron chi connectivity index (χ4n) is 4.14. The highest BCUT2D eigenvalue weighted by Crippen LogP contribution is 2.30. The van der Waals surface area contributed by atoms with Crippen molar-refractivity contribution < 1.29 is 33.8 Å². The molecule has 1 fully saturated rings. The van der Waals surface area contributed by atoms with Gasteiger partial charge in [-0.25, -0.2) is 19.3 Å². The molecule has 1 unspecified atom stereocenters. The number of ether oxygens (including phenoxy) is 1. The predicted octanol–water partition coefficient (Wildman–Crippen LogP) is 3.47. The number of imide groups is 2. The molecule has 1 aliphatic rings. The number of aromatic nitrogens is 1. The maximum Gasteiger partial charge on any atom is 0.338 e. The number of urea groups is 1. The van der Waals surface area contributed by atoms with Gasteiger partial charge in [-0.2, -0.15) is 0 Å². The molecule has 4 amide bonds. The summed E-state index contributed by atoms with van der Waals surface area (Å²) in [4.78, 5) is 64.8. The summed E-state index contributed by atoms with van der Waals surface area (Å²) < 4.78 is 6.56. The summed E-state index contributed by atoms with van der Waals surface area (Å²) in [7, 11) is 1.29. The number of carbonyl (C=O) groups is 5. The summed E-state index contributed by atoms with van der Waals surface area (Å²) in [5.41, 5.74) is 1.08. The van der Waals surface area contributed by atoms with Crippen LogP contribution >= 0.6 is 0 Å². The lowest BCUT2D eigenvalue weighted by Crippen LogP contribution is -2.56. The lowest BCUT2D eigenvalue weighted by molar-refractivity contribution is -0.144. The van der Waals surface area contributed by atoms with E-state index in [1.807, 2.05) is 0 Å². The van der Waals surface area contributed by atoms with Gasteiger partial charge in [0.15, 0.2) is 0 Å². The minimum absolute atomic E-state index is 0.0117. The van der Waals surface area contributed by atoms with Gasteiger partial charge in [0.1, 0.15) is 11.6 Å². The van der Waals surface area contributed by atoms with E-state index in [4.69, 9.17) is 9.84 Å². The van der Waals surface area contributed by atoms with Gasteiger partial charge in [0, 0.05) is 29.2 Å². The van der Waals surface area contributed by atoms with Gasteiger partial charge in [-0.3, -0.25) is 14.5 Å². The van der Waals surface area contributed by atoms with Crippen LogP contribution in [0.3, 0.4) is 0 Å². The zero-order valence-corrected chi connectivity index (χ0v) is 19.8. The van der Waals surface area contributed by atoms with Crippen LogP contribution in [0, 0.1) is 0 Å². The molecule has 0 aliphatic carbocycles. The van der Waals surface area contributed by atoms with E-state index in [0.717, 1.165) is 9.80 Å². The highest BCUT2D eigenvalue weighted by atomic mass is 16.5. The number of fused-ring (bicyclic) bond motifs is 1. The lowest BCUT2D eigenvalue weighted by atomic mass is 10.0. The summed E-state index contributed by atoms with van der Waals surface area (Å²) in [6.45, 7) is 3.30. The van der Waals surface area contributed by atoms with E-state index >= 15 is 0 Å². The van der Waals surface area contributed by atoms with Crippen molar-refractivity contribution in [3.05, 3.63) is 71.4 Å². The minimum atomic E-state index is -1.15. The predicted molar refractivity (Wildman–Crippen MR) is 130 cm³/mol. The maximum atomic E-state index is 13.5. The molecule has 0 saturated carbocycles. The smallest absolute Gasteiger partial charge is 0.338 e. The number of para-hydroxylation sites is 1. The first kappa shape index (κ1) is 24.4. The van der Waals surface area contributed by atoms with Gasteiger partial charge in [-0.15, -0.1) is 0 Å². The summed E-state index contributed by atoms with van der Waals surface area (Å²) in [6.07, 6.45) is 3.06. The number of methoxy groups -OCH3 is 1. The number of benzene rings is 2. The number of carboxylic acids is 1. The van der Waals surface area contributed by atoms with Gasteiger partial charge in [0.25, 0.3) is 11.8 Å². The second-order valence-corrected chi connectivity index (χ2v) is 8.09. The number of aromatic carboxylic acids is 1. The average molecular weight is 489 g/mol. The second-order valence-electron chi connectivity index (χ2n) is 8.09. The Morgan fingerprint density at radius 2 is 1.69 bits per heavy atom. The van der Waals surface area contributed by atoms with Crippen LogP contribution in [0.25, 0.3) is 17.0 Å². The molecule has 1 aromatic heterocycles. The van der Waals surface area contributed by atoms with Crippen LogP contribution in [0.2, 0.25) is 0 Å². The van der Waals surface area contributed by atoms with Crippen LogP contribution < -0.4 is 4.90 Å². The normalized spacial score (nSPS) is 16.1. The lowest BCUT2D eigenvalue weighted by Gasteiger charge is -2.33. The molecule has 1 aliphatic heterocycles. The average Bonchev–Trinajstić information content (AvgIpc) is 3.24. The number of esters is 1. The number of carboxylic acid groups (broad SMARTS) is 1. The Hall–Kier alpha value is -4.73. The third kappa shape index (κ3) is 4.02. The molecule has 1 atom stereocenters. The fourth-order valence-corrected chi connectivity index (χ4v) is 4.14. The SMILES string of the molecule is CCN1C(=O)C(=Cc2cn(C(C)C(=O)OC)c3ccccc23)C(=O)N(c2ccc(C(=O)O)cc2)C1=O. The topological polar surface area (TPSA) is 126 Å². The highest BCUT2D eigenvalue weighted by Gasteiger charge is 2.42. The Kier molecular flexibility index (Phi) is 6.43. The molecule has 36 heavy (non-hydrogen) atoms. The number of anilines is 1. The minimum Gasteiger partial charge on any atom is -0.478 e. The van der Waals surface area contributed by atoms with E-state index in [2.05, 4.69) is 0 Å². The second kappa shape index (κ2) is 9.49. The molecule has 2 aromatic carbocycles. The van der Waals surface area contributed by atoms with Crippen molar-refractivity contribution in [3.8, 4) is 0 Å². The number of barbiturate groups is 1. The molecule has 1 saturated heterocycles. The number of nitrogens with zero attached hydrogens (tertiary/aromatic N) is 3. The highest BCUT2D eigenvalue weighted by molar-refractivity contribution is 6.39. The molecule has 1 N–H and O–H groups in total. The largest absolute Gasteiger partial charge is 0.478 e. The van der Waals surface area contributed by atoms with Gasteiger partial charge in [0.2, 0.25) is 0 Å². The van der Waals surface area contributed by atoms with Crippen LogP contribution in [0.4, 0.5) is 10.5 Å². The van der Waals surface area contributed by atoms with E-state index in [1.165, 1.54) is 37.5 Å². The molecule has 0 spiro atoms. The van der Waals surface area contributed by atoms with Crippen molar-refractivity contribution in [2.75, 3.05) is 18.6 Å². The quantitative estimate of drug-likeness (QED) is 0.319. The Morgan fingerprint density at radius 3 is 2.31 bits per heavy atom. The number of hydrogen-bond donors (Lipinski definition) is 1. The van der Waals surface area contributed by atoms with Gasteiger partial charge in [0.05, 0.1) is 18.4 Å². The van der Waals surface area contributed by atoms with Crippen LogP contribution in [0.1, 0.15) is 35.8 Å². The van der Waals surface area contributed by atoms with E-state index < -0.39 is 35.8 Å². The van der Waals surface area contributed by atoms with Crippen LogP contribution in [0.15, 0.2) is 60.3 Å². The molecule has 0 bridgehead atoms. The standard InChI is InChI=1S/C26H23N3O7/c1-4-27-22(30)20(23(31)29(26(27)35)18-11-9-16(10-12-18)24(32)33)13-17-14-28(15(2)25(34)36-3)21-8-6-5-7-19(17)21/h5-15H,4H2,1-3H3,(H,32,33). The third-order valence-corrected chi connectivity index (χ3v) is 6.05. The van der Waals surface area contributed by atoms with Gasteiger partial charge in [-0.05, 0) is 50.3 Å². The van der Waals surface area contributed by atoms with E-state index in [1.54, 1.807) is 48.9 Å². The fraction of sp³-hybridized carbons (Fsp3) is 0.192. The number of rotatable bonds is 6. The van der Waals surface area contributed by atoms with Crippen LogP contribution in [-0.4, -0.2) is 58.0 Å². The van der Waals surface area contributed by atoms with E-state index in [0.29, 0.717) is 16.5 Å². The summed E-state index contributed by atoms with van der Waals surface area (Å²) in [5, 5.41) is 9.84. The van der Waals surface area contributed by atoms with E-state index in [-0.39, 0.29) is 23.4 Å². The third-order valence-electron chi connectivity index (χ3n) is 6.05. The van der Waals surface area contributed by atoms with Crippen molar-refractivity contribution in [2.45, 2.75) is 19.9 Å². The molecule has 3 aromatic rings. The Bertz CT molecular complexity index is 1440. The van der Waals surface area contributed by atoms with Crippen molar-refractivity contribution in [1.82, 2.24) is 9.47 Å². The summed E-state index contributed by atoms with van der Waals surface area (Å²) in [6, 6.07) is 10.9. The molecule has 2 heterocycles. The van der Waals surface area contributed by atoms with Crippen LogP contribution in [-0.2, 0) is 19.1 Å². The van der Waals surface area contributed by atoms with Gasteiger partial charge >= 0.3 is 18.0 Å². The molecule has 184 valence electrons. The Balaban J connectivity index is 1.84. The number of carbonyl (C=O) groups excluding carboxylic acids is 4. The first-order chi connectivity index (χ1) is 17.2. The van der Waals surface area contributed by atoms with Crippen molar-refractivity contribution >= 4 is 52.5 Å². The van der Waals surface area contributed by atoms with Gasteiger partial charge < -0.3 is 14.4 Å². The van der Waals surface area contributed by atoms with Crippen molar-refractivity contribution in [2.24, 2.45) is 0 Å². The van der Waals surface area contributed by atoms with E-state index in [9.17, 15) is 24.0 Å². The number of hydrogen-bond acceptors (Lipinski definition) is 6. The molecular formula is C26H23N3O7. The molecule has 0 radical (unpaired) electrons. The molecular weight excluding hydrogens is 466 g/mol. The first-order valence-corrected chi connectivity index (χ1v) is 11.1. The zero-order valence-electron chi connectivity index (χ0n) is 19.8. The number of likely N-dealkylation sites (N-methyl/N-ethyl adjacent to an activating group) is 1. The van der Waals surface area contributed by atoms with Gasteiger partial charge in [-0.1, -0.05) is 18.2 Å². The first-order valence-electron chi connectivity index (χ1n) is 11.1. The molecule has 10 heteroatoms. The van der Waals surface area contributed by atoms with Crippen molar-refractivity contribution in [1.29, 1.82) is 0 Å². The summed E-state index contributed by atoms with van der Waals surface area (Å²) in [5.74, 6) is -3.20.